The number of rotatable bonds is 5. The molecular formula is C20H33IN4O2. The Morgan fingerprint density at radius 3 is 2.52 bits per heavy atom. The van der Waals surface area contributed by atoms with Crippen molar-refractivity contribution in [2.24, 2.45) is 10.9 Å². The fourth-order valence-electron chi connectivity index (χ4n) is 3.26. The number of hydrogen-bond acceptors (Lipinski definition) is 3. The molecule has 1 saturated heterocycles. The van der Waals surface area contributed by atoms with E-state index in [4.69, 9.17) is 0 Å². The molecule has 0 radical (unpaired) electrons. The minimum atomic E-state index is 0. The quantitative estimate of drug-likeness (QED) is 0.339. The van der Waals surface area contributed by atoms with Crippen LogP contribution in [-0.2, 0) is 11.3 Å². The van der Waals surface area contributed by atoms with Gasteiger partial charge in [-0.15, -0.1) is 24.0 Å². The van der Waals surface area contributed by atoms with E-state index >= 15 is 0 Å². The summed E-state index contributed by atoms with van der Waals surface area (Å²) in [6.07, 6.45) is 0.931. The van der Waals surface area contributed by atoms with Crippen LogP contribution in [-0.4, -0.2) is 47.5 Å². The van der Waals surface area contributed by atoms with Gasteiger partial charge in [-0.05, 0) is 43.9 Å². The van der Waals surface area contributed by atoms with Crippen molar-refractivity contribution in [1.82, 2.24) is 15.5 Å². The molecule has 0 spiro atoms. The molecule has 1 aliphatic heterocycles. The highest BCUT2D eigenvalue weighted by Gasteiger charge is 2.27. The maximum atomic E-state index is 12.1. The third-order valence-corrected chi connectivity index (χ3v) is 4.65. The van der Waals surface area contributed by atoms with Crippen LogP contribution in [0.25, 0.3) is 0 Å². The van der Waals surface area contributed by atoms with Crippen molar-refractivity contribution in [2.75, 3.05) is 19.6 Å². The van der Waals surface area contributed by atoms with Gasteiger partial charge >= 0.3 is 0 Å². The Balaban J connectivity index is 0.00000364. The summed E-state index contributed by atoms with van der Waals surface area (Å²) in [4.78, 5) is 18.7. The molecule has 0 aromatic heterocycles. The average molecular weight is 488 g/mol. The van der Waals surface area contributed by atoms with E-state index in [0.717, 1.165) is 48.7 Å². The second-order valence-corrected chi connectivity index (χ2v) is 7.34. The second-order valence-electron chi connectivity index (χ2n) is 7.34. The van der Waals surface area contributed by atoms with Crippen molar-refractivity contribution in [3.05, 3.63) is 28.8 Å². The predicted octanol–water partition coefficient (Wildman–Crippen LogP) is 2.94. The topological polar surface area (TPSA) is 77.0 Å². The first-order chi connectivity index (χ1) is 12.3. The van der Waals surface area contributed by atoms with Crippen LogP contribution in [0.15, 0.2) is 17.1 Å². The van der Waals surface area contributed by atoms with Crippen LogP contribution in [0, 0.1) is 19.8 Å². The van der Waals surface area contributed by atoms with Gasteiger partial charge in [-0.3, -0.25) is 4.79 Å². The molecule has 1 heterocycles. The Hall–Kier alpha value is -1.51. The van der Waals surface area contributed by atoms with Gasteiger partial charge in [0.15, 0.2) is 5.96 Å². The number of benzene rings is 1. The maximum absolute atomic E-state index is 12.1. The standard InChI is InChI=1S/C20H32N4O2.HI/c1-6-21-20(22-11-16-9-14(4)18(25)15(5)10-16)23-17-7-8-24(12-17)19(26)13(2)3;/h9-10,13,17,25H,6-8,11-12H2,1-5H3,(H2,21,22,23);1H. The highest BCUT2D eigenvalue weighted by Crippen LogP contribution is 2.23. The van der Waals surface area contributed by atoms with Crippen LogP contribution in [0.2, 0.25) is 0 Å². The number of halogens is 1. The monoisotopic (exact) mass is 488 g/mol. The minimum Gasteiger partial charge on any atom is -0.507 e. The summed E-state index contributed by atoms with van der Waals surface area (Å²) in [6.45, 7) is 12.6. The van der Waals surface area contributed by atoms with E-state index in [1.807, 2.05) is 51.7 Å². The van der Waals surface area contributed by atoms with E-state index in [1.54, 1.807) is 0 Å². The molecule has 2 rings (SSSR count). The van der Waals surface area contributed by atoms with Gasteiger partial charge in [0, 0.05) is 31.6 Å². The van der Waals surface area contributed by atoms with Gasteiger partial charge in [-0.1, -0.05) is 26.0 Å². The van der Waals surface area contributed by atoms with E-state index < -0.39 is 0 Å². The molecule has 1 fully saturated rings. The molecule has 1 aliphatic rings. The first kappa shape index (κ1) is 23.5. The number of guanidine groups is 1. The Bertz CT molecular complexity index is 653. The van der Waals surface area contributed by atoms with Crippen molar-refractivity contribution in [1.29, 1.82) is 0 Å². The number of carbonyl (C=O) groups is 1. The van der Waals surface area contributed by atoms with Gasteiger partial charge in [0.25, 0.3) is 0 Å². The molecular weight excluding hydrogens is 455 g/mol. The van der Waals surface area contributed by atoms with Crippen LogP contribution >= 0.6 is 24.0 Å². The molecule has 6 nitrogen and oxygen atoms in total. The number of amides is 1. The van der Waals surface area contributed by atoms with Crippen LogP contribution in [0.3, 0.4) is 0 Å². The molecule has 3 N–H and O–H groups in total. The van der Waals surface area contributed by atoms with Gasteiger partial charge in [0.1, 0.15) is 5.75 Å². The van der Waals surface area contributed by atoms with Gasteiger partial charge in [-0.2, -0.15) is 0 Å². The Morgan fingerprint density at radius 2 is 1.96 bits per heavy atom. The summed E-state index contributed by atoms with van der Waals surface area (Å²) in [5.41, 5.74) is 2.80. The summed E-state index contributed by atoms with van der Waals surface area (Å²) in [5.74, 6) is 1.37. The van der Waals surface area contributed by atoms with E-state index in [9.17, 15) is 9.90 Å². The summed E-state index contributed by atoms with van der Waals surface area (Å²) >= 11 is 0. The van der Waals surface area contributed by atoms with Crippen molar-refractivity contribution < 1.29 is 9.90 Å². The molecule has 27 heavy (non-hydrogen) atoms. The lowest BCUT2D eigenvalue weighted by atomic mass is 10.1. The Morgan fingerprint density at radius 1 is 1.33 bits per heavy atom. The molecule has 1 atom stereocenters. The normalized spacial score (nSPS) is 17.0. The SMILES string of the molecule is CCNC(=NCc1cc(C)c(O)c(C)c1)NC1CCN(C(=O)C(C)C)C1.I. The number of aryl methyl sites for hydroxylation is 2. The lowest BCUT2D eigenvalue weighted by Gasteiger charge is -2.20. The van der Waals surface area contributed by atoms with Gasteiger partial charge in [0.2, 0.25) is 5.91 Å². The molecule has 1 aromatic rings. The van der Waals surface area contributed by atoms with E-state index in [-0.39, 0.29) is 41.8 Å². The summed E-state index contributed by atoms with van der Waals surface area (Å²) in [5, 5.41) is 16.6. The van der Waals surface area contributed by atoms with Gasteiger partial charge in [0.05, 0.1) is 6.54 Å². The minimum absolute atomic E-state index is 0. The first-order valence-corrected chi connectivity index (χ1v) is 9.44. The van der Waals surface area contributed by atoms with Crippen LogP contribution in [0.5, 0.6) is 5.75 Å². The number of nitrogens with zero attached hydrogens (tertiary/aromatic N) is 2. The summed E-state index contributed by atoms with van der Waals surface area (Å²) < 4.78 is 0. The maximum Gasteiger partial charge on any atom is 0.225 e. The lowest BCUT2D eigenvalue weighted by Crippen LogP contribution is -2.45. The highest BCUT2D eigenvalue weighted by molar-refractivity contribution is 14.0. The number of phenolic OH excluding ortho intramolecular Hbond substituents is 1. The van der Waals surface area contributed by atoms with Crippen LogP contribution in [0.4, 0.5) is 0 Å². The largest absolute Gasteiger partial charge is 0.507 e. The third kappa shape index (κ3) is 6.55. The molecule has 0 saturated carbocycles. The van der Waals surface area contributed by atoms with E-state index in [2.05, 4.69) is 15.6 Å². The smallest absolute Gasteiger partial charge is 0.225 e. The van der Waals surface area contributed by atoms with Crippen molar-refractivity contribution in [2.45, 2.75) is 53.6 Å². The second kappa shape index (κ2) is 10.7. The van der Waals surface area contributed by atoms with Gasteiger partial charge in [-0.25, -0.2) is 4.99 Å². The number of aromatic hydroxyl groups is 1. The number of hydrogen-bond donors (Lipinski definition) is 3. The number of likely N-dealkylation sites (tertiary alicyclic amines) is 1. The number of aliphatic imine (C=N–C) groups is 1. The molecule has 1 unspecified atom stereocenters. The zero-order valence-corrected chi connectivity index (χ0v) is 19.3. The van der Waals surface area contributed by atoms with E-state index in [0.29, 0.717) is 12.3 Å². The number of carbonyl (C=O) groups excluding carboxylic acids is 1. The van der Waals surface area contributed by atoms with Crippen molar-refractivity contribution >= 4 is 35.8 Å². The predicted molar refractivity (Wildman–Crippen MR) is 121 cm³/mol. The molecule has 152 valence electrons. The number of nitrogens with one attached hydrogen (secondary N) is 2. The lowest BCUT2D eigenvalue weighted by molar-refractivity contribution is -0.133. The van der Waals surface area contributed by atoms with Gasteiger partial charge < -0.3 is 20.6 Å². The molecule has 0 bridgehead atoms. The van der Waals surface area contributed by atoms with Crippen molar-refractivity contribution in [3.63, 3.8) is 0 Å². The first-order valence-electron chi connectivity index (χ1n) is 9.44. The highest BCUT2D eigenvalue weighted by atomic mass is 127. The Kier molecular flexibility index (Phi) is 9.35. The van der Waals surface area contributed by atoms with Crippen molar-refractivity contribution in [3.8, 4) is 5.75 Å². The zero-order chi connectivity index (χ0) is 19.3. The average Bonchev–Trinajstić information content (AvgIpc) is 3.05. The molecule has 1 amide bonds. The van der Waals surface area contributed by atoms with Crippen LogP contribution in [0.1, 0.15) is 43.9 Å². The molecule has 1 aromatic carbocycles. The van der Waals surface area contributed by atoms with Crippen LogP contribution < -0.4 is 10.6 Å². The van der Waals surface area contributed by atoms with E-state index in [1.165, 1.54) is 0 Å². The third-order valence-electron chi connectivity index (χ3n) is 4.65. The summed E-state index contributed by atoms with van der Waals surface area (Å²) in [7, 11) is 0. The Labute approximate surface area is 179 Å². The summed E-state index contributed by atoms with van der Waals surface area (Å²) in [6, 6.07) is 4.15. The number of phenols is 1. The molecule has 0 aliphatic carbocycles. The fraction of sp³-hybridized carbons (Fsp3) is 0.600. The molecule has 7 heteroatoms. The zero-order valence-electron chi connectivity index (χ0n) is 17.0. The fourth-order valence-corrected chi connectivity index (χ4v) is 3.26.